The molecule has 2 atom stereocenters. The lowest BCUT2D eigenvalue weighted by molar-refractivity contribution is 0.162. The minimum Gasteiger partial charge on any atom is -0.457 e. The van der Waals surface area contributed by atoms with Crippen LogP contribution in [0.3, 0.4) is 0 Å². The maximum absolute atomic E-state index is 5.95. The molecule has 1 saturated heterocycles. The van der Waals surface area contributed by atoms with Crippen LogP contribution in [0, 0.1) is 11.8 Å². The second-order valence-electron chi connectivity index (χ2n) is 7.38. The number of ether oxygens (including phenoxy) is 1. The zero-order chi connectivity index (χ0) is 16.8. The summed E-state index contributed by atoms with van der Waals surface area (Å²) in [6.45, 7) is 8.48. The first-order chi connectivity index (χ1) is 11.7. The maximum atomic E-state index is 5.95. The Morgan fingerprint density at radius 2 is 1.88 bits per heavy atom. The number of benzene rings is 2. The van der Waals surface area contributed by atoms with Crippen molar-refractivity contribution < 1.29 is 4.74 Å². The highest BCUT2D eigenvalue weighted by Gasteiger charge is 2.18. The third-order valence-electron chi connectivity index (χ3n) is 4.77. The molecule has 0 aromatic heterocycles. The lowest BCUT2D eigenvalue weighted by atomic mass is 9.96. The molecule has 1 fully saturated rings. The van der Waals surface area contributed by atoms with Gasteiger partial charge in [-0.05, 0) is 67.5 Å². The Hall–Kier alpha value is -1.80. The summed E-state index contributed by atoms with van der Waals surface area (Å²) in [6, 6.07) is 18.5. The van der Waals surface area contributed by atoms with E-state index in [4.69, 9.17) is 4.74 Å². The number of hydrogen-bond donors (Lipinski definition) is 0. The molecule has 1 aliphatic heterocycles. The topological polar surface area (TPSA) is 12.5 Å². The fraction of sp³-hybridized carbons (Fsp3) is 0.455. The smallest absolute Gasteiger partial charge is 0.127 e. The molecule has 0 spiro atoms. The lowest BCUT2D eigenvalue weighted by Crippen LogP contribution is -2.37. The number of likely N-dealkylation sites (tertiary alicyclic amines) is 1. The minimum absolute atomic E-state index is 0.669. The maximum Gasteiger partial charge on any atom is 0.127 e. The number of nitrogens with zero attached hydrogens (tertiary/aromatic N) is 1. The first-order valence-electron chi connectivity index (χ1n) is 9.23. The number of para-hydroxylation sites is 1. The molecule has 0 N–H and O–H groups in total. The molecule has 0 radical (unpaired) electrons. The molecule has 1 aliphatic rings. The molecular formula is C22H29NO. The van der Waals surface area contributed by atoms with Crippen molar-refractivity contribution >= 4 is 0 Å². The quantitative estimate of drug-likeness (QED) is 0.706. The van der Waals surface area contributed by atoms with E-state index in [1.54, 1.807) is 0 Å². The van der Waals surface area contributed by atoms with Gasteiger partial charge in [0.05, 0.1) is 0 Å². The van der Waals surface area contributed by atoms with Crippen molar-refractivity contribution in [3.63, 3.8) is 0 Å². The van der Waals surface area contributed by atoms with Gasteiger partial charge in [-0.15, -0.1) is 0 Å². The van der Waals surface area contributed by atoms with Crippen molar-refractivity contribution in [2.45, 2.75) is 33.1 Å². The van der Waals surface area contributed by atoms with Crippen molar-refractivity contribution in [1.82, 2.24) is 4.90 Å². The van der Waals surface area contributed by atoms with Gasteiger partial charge >= 0.3 is 0 Å². The van der Waals surface area contributed by atoms with Crippen LogP contribution in [-0.2, 0) is 6.42 Å². The molecule has 2 heteroatoms. The average molecular weight is 323 g/mol. The Labute approximate surface area is 146 Å². The summed E-state index contributed by atoms with van der Waals surface area (Å²) in [5.74, 6) is 3.35. The highest BCUT2D eigenvalue weighted by Crippen LogP contribution is 2.24. The van der Waals surface area contributed by atoms with Gasteiger partial charge in [-0.25, -0.2) is 0 Å². The summed E-state index contributed by atoms with van der Waals surface area (Å²) in [4.78, 5) is 2.64. The molecule has 24 heavy (non-hydrogen) atoms. The Kier molecular flexibility index (Phi) is 5.92. The van der Waals surface area contributed by atoms with E-state index in [-0.39, 0.29) is 0 Å². The van der Waals surface area contributed by atoms with Gasteiger partial charge in [0, 0.05) is 13.1 Å². The van der Waals surface area contributed by atoms with Crippen LogP contribution in [0.1, 0.15) is 32.3 Å². The van der Waals surface area contributed by atoms with Crippen LogP contribution in [0.2, 0.25) is 0 Å². The van der Waals surface area contributed by atoms with Gasteiger partial charge in [0.1, 0.15) is 11.5 Å². The molecule has 0 aliphatic carbocycles. The van der Waals surface area contributed by atoms with Crippen molar-refractivity contribution in [1.29, 1.82) is 0 Å². The molecule has 2 aromatic carbocycles. The van der Waals surface area contributed by atoms with Gasteiger partial charge in [-0.2, -0.15) is 0 Å². The average Bonchev–Trinajstić information content (AvgIpc) is 2.56. The van der Waals surface area contributed by atoms with E-state index < -0.39 is 0 Å². The summed E-state index contributed by atoms with van der Waals surface area (Å²) < 4.78 is 5.95. The first kappa shape index (κ1) is 17.0. The fourth-order valence-electron chi connectivity index (χ4n) is 3.72. The highest BCUT2D eigenvalue weighted by molar-refractivity contribution is 5.34. The van der Waals surface area contributed by atoms with Gasteiger partial charge in [0.25, 0.3) is 0 Å². The van der Waals surface area contributed by atoms with Crippen molar-refractivity contribution in [3.05, 3.63) is 60.2 Å². The molecule has 2 aromatic rings. The third kappa shape index (κ3) is 5.10. The molecule has 1 heterocycles. The van der Waals surface area contributed by atoms with Gasteiger partial charge in [-0.1, -0.05) is 44.2 Å². The molecule has 0 amide bonds. The highest BCUT2D eigenvalue weighted by atomic mass is 16.5. The second kappa shape index (κ2) is 8.34. The van der Waals surface area contributed by atoms with E-state index >= 15 is 0 Å². The normalized spacial score (nSPS) is 19.8. The van der Waals surface area contributed by atoms with Crippen molar-refractivity contribution in [3.8, 4) is 11.5 Å². The van der Waals surface area contributed by atoms with E-state index in [2.05, 4.69) is 36.9 Å². The zero-order valence-corrected chi connectivity index (χ0v) is 14.9. The second-order valence-corrected chi connectivity index (χ2v) is 7.38. The van der Waals surface area contributed by atoms with Crippen molar-refractivity contribution in [2.75, 3.05) is 19.6 Å². The predicted molar refractivity (Wildman–Crippen MR) is 101 cm³/mol. The van der Waals surface area contributed by atoms with Crippen molar-refractivity contribution in [2.24, 2.45) is 11.8 Å². The summed E-state index contributed by atoms with van der Waals surface area (Å²) >= 11 is 0. The first-order valence-corrected chi connectivity index (χ1v) is 9.23. The van der Waals surface area contributed by atoms with Gasteiger partial charge in [0.15, 0.2) is 0 Å². The Bertz CT molecular complexity index is 625. The third-order valence-corrected chi connectivity index (χ3v) is 4.77. The SMILES string of the molecule is CC1CCCN(CC(C)Cc2cccc(Oc3ccccc3)c2)C1. The Balaban J connectivity index is 1.55. The monoisotopic (exact) mass is 323 g/mol. The number of piperidine rings is 1. The van der Waals surface area contributed by atoms with Gasteiger partial charge < -0.3 is 9.64 Å². The van der Waals surface area contributed by atoms with E-state index in [1.165, 1.54) is 38.0 Å². The molecule has 0 bridgehead atoms. The van der Waals surface area contributed by atoms with E-state index in [0.717, 1.165) is 23.8 Å². The molecular weight excluding hydrogens is 294 g/mol. The predicted octanol–water partition coefficient (Wildman–Crippen LogP) is 5.39. The summed E-state index contributed by atoms with van der Waals surface area (Å²) in [5.41, 5.74) is 1.36. The molecule has 2 nitrogen and oxygen atoms in total. The number of hydrogen-bond acceptors (Lipinski definition) is 2. The largest absolute Gasteiger partial charge is 0.457 e. The molecule has 128 valence electrons. The van der Waals surface area contributed by atoms with Crippen LogP contribution in [0.15, 0.2) is 54.6 Å². The Morgan fingerprint density at radius 1 is 1.08 bits per heavy atom. The van der Waals surface area contributed by atoms with E-state index in [1.807, 2.05) is 36.4 Å². The van der Waals surface area contributed by atoms with Gasteiger partial charge in [-0.3, -0.25) is 0 Å². The van der Waals surface area contributed by atoms with Crippen LogP contribution in [0.25, 0.3) is 0 Å². The standard InChI is InChI=1S/C22H29NO/c1-18-8-7-13-23(16-18)17-19(2)14-20-9-6-12-22(15-20)24-21-10-4-3-5-11-21/h3-6,9-12,15,18-19H,7-8,13-14,16-17H2,1-2H3. The summed E-state index contributed by atoms with van der Waals surface area (Å²) in [5, 5.41) is 0. The molecule has 0 saturated carbocycles. The lowest BCUT2D eigenvalue weighted by Gasteiger charge is -2.32. The van der Waals surface area contributed by atoms with E-state index in [9.17, 15) is 0 Å². The Morgan fingerprint density at radius 3 is 2.67 bits per heavy atom. The zero-order valence-electron chi connectivity index (χ0n) is 14.9. The number of rotatable bonds is 6. The fourth-order valence-corrected chi connectivity index (χ4v) is 3.72. The molecule has 2 unspecified atom stereocenters. The molecule has 3 rings (SSSR count). The minimum atomic E-state index is 0.669. The van der Waals surface area contributed by atoms with Crippen LogP contribution in [-0.4, -0.2) is 24.5 Å². The van der Waals surface area contributed by atoms with Gasteiger partial charge in [0.2, 0.25) is 0 Å². The van der Waals surface area contributed by atoms with Crippen LogP contribution < -0.4 is 4.74 Å². The van der Waals surface area contributed by atoms with Crippen LogP contribution >= 0.6 is 0 Å². The van der Waals surface area contributed by atoms with E-state index in [0.29, 0.717) is 5.92 Å². The summed E-state index contributed by atoms with van der Waals surface area (Å²) in [6.07, 6.45) is 3.86. The van der Waals surface area contributed by atoms with Crippen LogP contribution in [0.5, 0.6) is 11.5 Å². The van der Waals surface area contributed by atoms with Crippen LogP contribution in [0.4, 0.5) is 0 Å². The summed E-state index contributed by atoms with van der Waals surface area (Å²) in [7, 11) is 0.